The monoisotopic (exact) mass is 437 g/mol. The van der Waals surface area contributed by atoms with Crippen molar-refractivity contribution in [2.24, 2.45) is 0 Å². The summed E-state index contributed by atoms with van der Waals surface area (Å²) in [6.45, 7) is 4.21. The van der Waals surface area contributed by atoms with Gasteiger partial charge < -0.3 is 24.8 Å². The zero-order chi connectivity index (χ0) is 23.1. The molecule has 2 aromatic carbocycles. The summed E-state index contributed by atoms with van der Waals surface area (Å²) in [5, 5.41) is 9.65. The van der Waals surface area contributed by atoms with E-state index in [0.717, 1.165) is 0 Å². The van der Waals surface area contributed by atoms with Gasteiger partial charge >= 0.3 is 6.03 Å². The number of amides is 3. The predicted molar refractivity (Wildman–Crippen MR) is 121 cm³/mol. The van der Waals surface area contributed by atoms with Crippen LogP contribution in [-0.4, -0.2) is 53.7 Å². The van der Waals surface area contributed by atoms with Crippen molar-refractivity contribution in [2.45, 2.75) is 26.3 Å². The minimum absolute atomic E-state index is 0.0654. The SMILES string of the molecule is COc1ccccc1NC(=O)N(C)CCc1noc(-c2ccc(C(=O)NC(C)C)cc2)n1. The van der Waals surface area contributed by atoms with Crippen molar-refractivity contribution in [2.75, 3.05) is 26.0 Å². The van der Waals surface area contributed by atoms with Gasteiger partial charge in [-0.3, -0.25) is 4.79 Å². The van der Waals surface area contributed by atoms with Gasteiger partial charge in [-0.15, -0.1) is 0 Å². The molecular formula is C23H27N5O4. The lowest BCUT2D eigenvalue weighted by molar-refractivity contribution is 0.0943. The lowest BCUT2D eigenvalue weighted by Crippen LogP contribution is -2.33. The van der Waals surface area contributed by atoms with Crippen molar-refractivity contribution < 1.29 is 18.8 Å². The molecule has 0 saturated carbocycles. The Bertz CT molecular complexity index is 1060. The molecule has 1 aromatic heterocycles. The number of carbonyl (C=O) groups is 2. The molecule has 168 valence electrons. The zero-order valence-corrected chi connectivity index (χ0v) is 18.6. The van der Waals surface area contributed by atoms with E-state index in [4.69, 9.17) is 9.26 Å². The van der Waals surface area contributed by atoms with E-state index in [0.29, 0.717) is 47.2 Å². The number of nitrogens with one attached hydrogen (secondary N) is 2. The summed E-state index contributed by atoms with van der Waals surface area (Å²) in [6.07, 6.45) is 0.425. The largest absolute Gasteiger partial charge is 0.495 e. The van der Waals surface area contributed by atoms with Gasteiger partial charge in [-0.05, 0) is 50.2 Å². The molecule has 0 aliphatic heterocycles. The third-order valence-corrected chi connectivity index (χ3v) is 4.65. The first kappa shape index (κ1) is 22.8. The van der Waals surface area contributed by atoms with E-state index >= 15 is 0 Å². The third-order valence-electron chi connectivity index (χ3n) is 4.65. The molecule has 3 amide bonds. The quantitative estimate of drug-likeness (QED) is 0.557. The van der Waals surface area contributed by atoms with E-state index in [1.54, 1.807) is 50.6 Å². The Morgan fingerprint density at radius 2 is 1.84 bits per heavy atom. The van der Waals surface area contributed by atoms with Crippen molar-refractivity contribution in [3.05, 3.63) is 59.9 Å². The van der Waals surface area contributed by atoms with Gasteiger partial charge in [-0.25, -0.2) is 4.79 Å². The van der Waals surface area contributed by atoms with E-state index < -0.39 is 0 Å². The van der Waals surface area contributed by atoms with E-state index in [1.165, 1.54) is 4.90 Å². The van der Waals surface area contributed by atoms with Crippen LogP contribution >= 0.6 is 0 Å². The van der Waals surface area contributed by atoms with Crippen LogP contribution in [0.4, 0.5) is 10.5 Å². The number of hydrogen-bond donors (Lipinski definition) is 2. The van der Waals surface area contributed by atoms with Crippen LogP contribution in [0.15, 0.2) is 53.1 Å². The topological polar surface area (TPSA) is 110 Å². The number of rotatable bonds is 8. The summed E-state index contributed by atoms with van der Waals surface area (Å²) in [5.41, 5.74) is 1.87. The van der Waals surface area contributed by atoms with E-state index in [1.807, 2.05) is 26.0 Å². The van der Waals surface area contributed by atoms with Crippen LogP contribution in [0.1, 0.15) is 30.0 Å². The molecule has 1 heterocycles. The lowest BCUT2D eigenvalue weighted by atomic mass is 10.1. The number of aromatic nitrogens is 2. The summed E-state index contributed by atoms with van der Waals surface area (Å²) in [6, 6.07) is 14.0. The minimum atomic E-state index is -0.270. The molecule has 9 nitrogen and oxygen atoms in total. The Kier molecular flexibility index (Phi) is 7.43. The zero-order valence-electron chi connectivity index (χ0n) is 18.6. The van der Waals surface area contributed by atoms with Gasteiger partial charge in [-0.1, -0.05) is 17.3 Å². The van der Waals surface area contributed by atoms with Crippen LogP contribution in [-0.2, 0) is 6.42 Å². The number of carbonyl (C=O) groups excluding carboxylic acids is 2. The lowest BCUT2D eigenvalue weighted by Gasteiger charge is -2.18. The highest BCUT2D eigenvalue weighted by Gasteiger charge is 2.15. The van der Waals surface area contributed by atoms with Crippen molar-refractivity contribution in [3.8, 4) is 17.2 Å². The second-order valence-electron chi connectivity index (χ2n) is 7.52. The van der Waals surface area contributed by atoms with Crippen LogP contribution in [0, 0.1) is 0 Å². The number of methoxy groups -OCH3 is 1. The van der Waals surface area contributed by atoms with E-state index in [-0.39, 0.29) is 18.0 Å². The number of anilines is 1. The third kappa shape index (κ3) is 5.84. The molecule has 0 aliphatic carbocycles. The van der Waals surface area contributed by atoms with E-state index in [2.05, 4.69) is 20.8 Å². The Balaban J connectivity index is 1.56. The van der Waals surface area contributed by atoms with Gasteiger partial charge in [0.1, 0.15) is 5.75 Å². The maximum Gasteiger partial charge on any atom is 0.321 e. The molecule has 32 heavy (non-hydrogen) atoms. The second-order valence-corrected chi connectivity index (χ2v) is 7.52. The molecule has 3 rings (SSSR count). The molecule has 0 aliphatic rings. The molecule has 0 unspecified atom stereocenters. The van der Waals surface area contributed by atoms with E-state index in [9.17, 15) is 9.59 Å². The maximum atomic E-state index is 12.4. The summed E-state index contributed by atoms with van der Waals surface area (Å²) in [4.78, 5) is 30.4. The molecule has 0 fully saturated rings. The number of para-hydroxylation sites is 2. The number of benzene rings is 2. The molecule has 0 saturated heterocycles. The fourth-order valence-electron chi connectivity index (χ4n) is 2.91. The number of ether oxygens (including phenoxy) is 1. The summed E-state index contributed by atoms with van der Waals surface area (Å²) in [7, 11) is 3.24. The average Bonchev–Trinajstić information content (AvgIpc) is 3.26. The minimum Gasteiger partial charge on any atom is -0.495 e. The molecule has 0 radical (unpaired) electrons. The molecule has 0 bridgehead atoms. The summed E-state index contributed by atoms with van der Waals surface area (Å²) in [5.74, 6) is 1.30. The molecule has 3 aromatic rings. The van der Waals surface area contributed by atoms with Gasteiger partial charge in [0.15, 0.2) is 5.82 Å². The molecule has 0 spiro atoms. The van der Waals surface area contributed by atoms with Crippen LogP contribution in [0.2, 0.25) is 0 Å². The fraction of sp³-hybridized carbons (Fsp3) is 0.304. The van der Waals surface area contributed by atoms with Gasteiger partial charge in [0.2, 0.25) is 0 Å². The maximum absolute atomic E-state index is 12.4. The standard InChI is InChI=1S/C23H27N5O4/c1-15(2)24-21(29)16-9-11-17(12-10-16)22-26-20(27-32-22)13-14-28(3)23(30)25-18-7-5-6-8-19(18)31-4/h5-12,15H,13-14H2,1-4H3,(H,24,29)(H,25,30). The number of likely N-dealkylation sites (N-methyl/N-ethyl adjacent to an activating group) is 1. The van der Waals surface area contributed by atoms with Crippen LogP contribution in [0.5, 0.6) is 5.75 Å². The first-order valence-corrected chi connectivity index (χ1v) is 10.3. The number of nitrogens with zero attached hydrogens (tertiary/aromatic N) is 3. The van der Waals surface area contributed by atoms with Crippen molar-refractivity contribution in [3.63, 3.8) is 0 Å². The molecule has 0 atom stereocenters. The van der Waals surface area contributed by atoms with Gasteiger partial charge in [0.25, 0.3) is 11.8 Å². The second kappa shape index (κ2) is 10.4. The van der Waals surface area contributed by atoms with Crippen molar-refractivity contribution in [1.29, 1.82) is 0 Å². The van der Waals surface area contributed by atoms with Crippen LogP contribution in [0.25, 0.3) is 11.5 Å². The van der Waals surface area contributed by atoms with Crippen LogP contribution in [0.3, 0.4) is 0 Å². The van der Waals surface area contributed by atoms with Crippen LogP contribution < -0.4 is 15.4 Å². The first-order chi connectivity index (χ1) is 15.4. The highest BCUT2D eigenvalue weighted by Crippen LogP contribution is 2.23. The number of urea groups is 1. The van der Waals surface area contributed by atoms with Crippen molar-refractivity contribution >= 4 is 17.6 Å². The van der Waals surface area contributed by atoms with Gasteiger partial charge in [-0.2, -0.15) is 4.98 Å². The fourth-order valence-corrected chi connectivity index (χ4v) is 2.91. The predicted octanol–water partition coefficient (Wildman–Crippen LogP) is 3.59. The van der Waals surface area contributed by atoms with Crippen molar-refractivity contribution in [1.82, 2.24) is 20.4 Å². The Morgan fingerprint density at radius 1 is 1.12 bits per heavy atom. The van der Waals surface area contributed by atoms with Gasteiger partial charge in [0.05, 0.1) is 12.8 Å². The Morgan fingerprint density at radius 3 is 2.53 bits per heavy atom. The highest BCUT2D eigenvalue weighted by atomic mass is 16.5. The summed E-state index contributed by atoms with van der Waals surface area (Å²) < 4.78 is 10.6. The first-order valence-electron chi connectivity index (χ1n) is 10.3. The Hall–Kier alpha value is -3.88. The molecular weight excluding hydrogens is 410 g/mol. The smallest absolute Gasteiger partial charge is 0.321 e. The Labute approximate surface area is 186 Å². The molecule has 2 N–H and O–H groups in total. The average molecular weight is 438 g/mol. The number of hydrogen-bond acceptors (Lipinski definition) is 6. The normalized spacial score (nSPS) is 10.7. The molecule has 9 heteroatoms. The highest BCUT2D eigenvalue weighted by molar-refractivity contribution is 5.94. The van der Waals surface area contributed by atoms with Gasteiger partial charge in [0, 0.05) is 37.2 Å². The summed E-state index contributed by atoms with van der Waals surface area (Å²) >= 11 is 0.